The smallest absolute Gasteiger partial charge is 0.395 e. The number of hydrogen-bond donors (Lipinski definition) is 1. The Morgan fingerprint density at radius 3 is 2.52 bits per heavy atom. The molecule has 7 nitrogen and oxygen atoms in total. The van der Waals surface area contributed by atoms with E-state index in [4.69, 9.17) is 10.2 Å². The van der Waals surface area contributed by atoms with Crippen LogP contribution in [0.5, 0.6) is 0 Å². The van der Waals surface area contributed by atoms with E-state index in [0.29, 0.717) is 19.6 Å². The molecule has 0 aliphatic carbocycles. The molecule has 1 amide bonds. The summed E-state index contributed by atoms with van der Waals surface area (Å²) in [7, 11) is 0. The van der Waals surface area contributed by atoms with E-state index >= 15 is 0 Å². The lowest BCUT2D eigenvalue weighted by atomic mass is 10.2. The lowest BCUT2D eigenvalue weighted by Crippen LogP contribution is -2.34. The Kier molecular flexibility index (Phi) is 4.68. The van der Waals surface area contributed by atoms with Crippen LogP contribution in [0.1, 0.15) is 16.1 Å². The third-order valence-electron chi connectivity index (χ3n) is 2.89. The third kappa shape index (κ3) is 3.67. The molecular weight excluding hydrogens is 274 g/mol. The van der Waals surface area contributed by atoms with Crippen LogP contribution in [0.15, 0.2) is 46.9 Å². The Bertz CT molecular complexity index is 624. The highest BCUT2D eigenvalue weighted by atomic mass is 16.6. The number of benzene rings is 1. The SMILES string of the molecule is NCCN(Cc1ccccc1)C(=O)c1ccc([N+](=O)[O-])o1. The zero-order valence-electron chi connectivity index (χ0n) is 11.3. The third-order valence-corrected chi connectivity index (χ3v) is 2.89. The van der Waals surface area contributed by atoms with E-state index in [-0.39, 0.29) is 5.76 Å². The summed E-state index contributed by atoms with van der Waals surface area (Å²) in [4.78, 5) is 23.7. The van der Waals surface area contributed by atoms with Crippen molar-refractivity contribution in [1.82, 2.24) is 4.90 Å². The Labute approximate surface area is 121 Å². The average molecular weight is 289 g/mol. The quantitative estimate of drug-likeness (QED) is 0.645. The highest BCUT2D eigenvalue weighted by Gasteiger charge is 2.22. The molecule has 2 rings (SSSR count). The zero-order valence-corrected chi connectivity index (χ0v) is 11.3. The van der Waals surface area contributed by atoms with Gasteiger partial charge in [-0.2, -0.15) is 0 Å². The van der Waals surface area contributed by atoms with Crippen LogP contribution < -0.4 is 5.73 Å². The molecule has 110 valence electrons. The van der Waals surface area contributed by atoms with E-state index in [2.05, 4.69) is 0 Å². The Morgan fingerprint density at radius 1 is 1.24 bits per heavy atom. The van der Waals surface area contributed by atoms with E-state index in [9.17, 15) is 14.9 Å². The summed E-state index contributed by atoms with van der Waals surface area (Å²) < 4.78 is 4.94. The topological polar surface area (TPSA) is 103 Å². The maximum atomic E-state index is 12.3. The standard InChI is InChI=1S/C14H15N3O4/c15-8-9-16(10-11-4-2-1-3-5-11)14(18)12-6-7-13(21-12)17(19)20/h1-7H,8-10,15H2. The number of furan rings is 1. The van der Waals surface area contributed by atoms with E-state index in [0.717, 1.165) is 11.6 Å². The van der Waals surface area contributed by atoms with E-state index in [1.54, 1.807) is 0 Å². The molecule has 0 bridgehead atoms. The molecule has 0 aliphatic rings. The van der Waals surface area contributed by atoms with Crippen LogP contribution in [-0.4, -0.2) is 28.8 Å². The van der Waals surface area contributed by atoms with Crippen molar-refractivity contribution in [3.63, 3.8) is 0 Å². The summed E-state index contributed by atoms with van der Waals surface area (Å²) in [5, 5.41) is 10.6. The second-order valence-corrected chi connectivity index (χ2v) is 4.40. The van der Waals surface area contributed by atoms with Crippen LogP contribution in [0, 0.1) is 10.1 Å². The minimum Gasteiger partial charge on any atom is -0.395 e. The molecule has 1 aromatic carbocycles. The average Bonchev–Trinajstić information content (AvgIpc) is 2.97. The van der Waals surface area contributed by atoms with Gasteiger partial charge in [-0.1, -0.05) is 30.3 Å². The van der Waals surface area contributed by atoms with Crippen molar-refractivity contribution in [2.45, 2.75) is 6.54 Å². The Morgan fingerprint density at radius 2 is 1.95 bits per heavy atom. The zero-order chi connectivity index (χ0) is 15.2. The van der Waals surface area contributed by atoms with Crippen molar-refractivity contribution in [2.75, 3.05) is 13.1 Å². The summed E-state index contributed by atoms with van der Waals surface area (Å²) in [5.74, 6) is -0.936. The lowest BCUT2D eigenvalue weighted by molar-refractivity contribution is -0.402. The van der Waals surface area contributed by atoms with Crippen LogP contribution >= 0.6 is 0 Å². The highest BCUT2D eigenvalue weighted by Crippen LogP contribution is 2.18. The second-order valence-electron chi connectivity index (χ2n) is 4.40. The molecule has 1 heterocycles. The second kappa shape index (κ2) is 6.67. The molecule has 0 unspecified atom stereocenters. The fourth-order valence-electron chi connectivity index (χ4n) is 1.91. The maximum Gasteiger partial charge on any atom is 0.433 e. The minimum absolute atomic E-state index is 0.0638. The molecular formula is C14H15N3O4. The molecule has 0 spiro atoms. The molecule has 2 N–H and O–H groups in total. The first-order valence-electron chi connectivity index (χ1n) is 6.39. The first kappa shape index (κ1) is 14.7. The largest absolute Gasteiger partial charge is 0.433 e. The normalized spacial score (nSPS) is 10.3. The van der Waals surface area contributed by atoms with Gasteiger partial charge in [0.1, 0.15) is 4.92 Å². The molecule has 0 radical (unpaired) electrons. The minimum atomic E-state index is -0.679. The van der Waals surface area contributed by atoms with Crippen molar-refractivity contribution in [1.29, 1.82) is 0 Å². The Hall–Kier alpha value is -2.67. The summed E-state index contributed by atoms with van der Waals surface area (Å²) in [6.07, 6.45) is 0. The van der Waals surface area contributed by atoms with Crippen LogP contribution in [-0.2, 0) is 6.54 Å². The first-order valence-corrected chi connectivity index (χ1v) is 6.39. The number of carbonyl (C=O) groups is 1. The molecule has 21 heavy (non-hydrogen) atoms. The molecule has 0 atom stereocenters. The monoisotopic (exact) mass is 289 g/mol. The number of nitrogens with two attached hydrogens (primary N) is 1. The molecule has 7 heteroatoms. The molecule has 0 saturated heterocycles. The maximum absolute atomic E-state index is 12.3. The summed E-state index contributed by atoms with van der Waals surface area (Å²) in [6, 6.07) is 11.9. The fourth-order valence-corrected chi connectivity index (χ4v) is 1.91. The summed E-state index contributed by atoms with van der Waals surface area (Å²) in [6.45, 7) is 0.995. The summed E-state index contributed by atoms with van der Waals surface area (Å²) in [5.41, 5.74) is 6.46. The summed E-state index contributed by atoms with van der Waals surface area (Å²) >= 11 is 0. The van der Waals surface area contributed by atoms with Crippen LogP contribution in [0.25, 0.3) is 0 Å². The van der Waals surface area contributed by atoms with E-state index in [1.165, 1.54) is 11.0 Å². The van der Waals surface area contributed by atoms with Crippen molar-refractivity contribution in [2.24, 2.45) is 5.73 Å². The van der Waals surface area contributed by atoms with Crippen molar-refractivity contribution in [3.05, 3.63) is 63.9 Å². The van der Waals surface area contributed by atoms with Crippen LogP contribution in [0.3, 0.4) is 0 Å². The molecule has 0 saturated carbocycles. The van der Waals surface area contributed by atoms with Gasteiger partial charge in [0.2, 0.25) is 0 Å². The lowest BCUT2D eigenvalue weighted by Gasteiger charge is -2.20. The number of carbonyl (C=O) groups excluding carboxylic acids is 1. The predicted molar refractivity (Wildman–Crippen MR) is 75.6 cm³/mol. The van der Waals surface area contributed by atoms with Crippen molar-refractivity contribution >= 4 is 11.8 Å². The van der Waals surface area contributed by atoms with Crippen molar-refractivity contribution < 1.29 is 14.1 Å². The molecule has 0 fully saturated rings. The number of nitrogens with zero attached hydrogens (tertiary/aromatic N) is 2. The predicted octanol–water partition coefficient (Wildman–Crippen LogP) is 1.79. The van der Waals surface area contributed by atoms with E-state index < -0.39 is 16.7 Å². The molecule has 1 aromatic heterocycles. The van der Waals surface area contributed by atoms with Gasteiger partial charge < -0.3 is 15.1 Å². The molecule has 0 aliphatic heterocycles. The van der Waals surface area contributed by atoms with Crippen LogP contribution in [0.4, 0.5) is 5.88 Å². The number of nitro groups is 1. The van der Waals surface area contributed by atoms with Crippen LogP contribution in [0.2, 0.25) is 0 Å². The number of amides is 1. The van der Waals surface area contributed by atoms with Gasteiger partial charge in [-0.25, -0.2) is 0 Å². The van der Waals surface area contributed by atoms with Gasteiger partial charge in [0.15, 0.2) is 5.76 Å². The van der Waals surface area contributed by atoms with Gasteiger partial charge in [-0.05, 0) is 11.6 Å². The Balaban J connectivity index is 2.16. The van der Waals surface area contributed by atoms with Gasteiger partial charge in [-0.15, -0.1) is 0 Å². The number of hydrogen-bond acceptors (Lipinski definition) is 5. The van der Waals surface area contributed by atoms with E-state index in [1.807, 2.05) is 30.3 Å². The van der Waals surface area contributed by atoms with Gasteiger partial charge >= 0.3 is 5.88 Å². The fraction of sp³-hybridized carbons (Fsp3) is 0.214. The van der Waals surface area contributed by atoms with Gasteiger partial charge in [0, 0.05) is 19.6 Å². The van der Waals surface area contributed by atoms with Gasteiger partial charge in [0.05, 0.1) is 6.07 Å². The first-order chi connectivity index (χ1) is 10.1. The number of rotatable bonds is 6. The highest BCUT2D eigenvalue weighted by molar-refractivity contribution is 5.91. The van der Waals surface area contributed by atoms with Gasteiger partial charge in [-0.3, -0.25) is 14.9 Å². The van der Waals surface area contributed by atoms with Gasteiger partial charge in [0.25, 0.3) is 5.91 Å². The van der Waals surface area contributed by atoms with Crippen molar-refractivity contribution in [3.8, 4) is 0 Å². The molecule has 2 aromatic rings.